The number of anilines is 1. The van der Waals surface area contributed by atoms with E-state index in [1.165, 1.54) is 12.1 Å². The fourth-order valence-electron chi connectivity index (χ4n) is 3.40. The predicted molar refractivity (Wildman–Crippen MR) is 96.8 cm³/mol. The molecule has 1 N–H and O–H groups in total. The number of carbonyl (C=O) groups is 2. The number of hydrogen-bond donors (Lipinski definition) is 1. The minimum absolute atomic E-state index is 0.0724. The molecule has 4 rings (SSSR count). The third kappa shape index (κ3) is 3.98. The lowest BCUT2D eigenvalue weighted by atomic mass is 10.1. The minimum atomic E-state index is -4.51. The van der Waals surface area contributed by atoms with Gasteiger partial charge in [0.05, 0.1) is 5.56 Å². The van der Waals surface area contributed by atoms with Crippen LogP contribution in [0.15, 0.2) is 42.5 Å². The predicted octanol–water partition coefficient (Wildman–Crippen LogP) is 3.22. The van der Waals surface area contributed by atoms with Gasteiger partial charge >= 0.3 is 6.18 Å². The lowest BCUT2D eigenvalue weighted by Crippen LogP contribution is -2.31. The van der Waals surface area contributed by atoms with Crippen molar-refractivity contribution in [2.24, 2.45) is 5.92 Å². The van der Waals surface area contributed by atoms with E-state index in [-0.39, 0.29) is 37.1 Å². The summed E-state index contributed by atoms with van der Waals surface area (Å²) in [4.78, 5) is 26.2. The third-order valence-corrected chi connectivity index (χ3v) is 4.88. The Kier molecular flexibility index (Phi) is 4.81. The topological polar surface area (TPSA) is 67.9 Å². The average molecular weight is 406 g/mol. The highest BCUT2D eigenvalue weighted by Crippen LogP contribution is 2.37. The van der Waals surface area contributed by atoms with Gasteiger partial charge in [-0.05, 0) is 30.3 Å². The molecule has 1 saturated heterocycles. The molecule has 0 aromatic heterocycles. The Morgan fingerprint density at radius 3 is 2.72 bits per heavy atom. The van der Waals surface area contributed by atoms with Crippen molar-refractivity contribution in [2.75, 3.05) is 24.8 Å². The quantitative estimate of drug-likeness (QED) is 0.847. The van der Waals surface area contributed by atoms with E-state index in [1.807, 2.05) is 0 Å². The molecule has 9 heteroatoms. The lowest BCUT2D eigenvalue weighted by Gasteiger charge is -2.17. The van der Waals surface area contributed by atoms with Gasteiger partial charge in [0.2, 0.25) is 12.7 Å². The molecule has 1 atom stereocenters. The maximum atomic E-state index is 12.8. The number of hydrogen-bond acceptors (Lipinski definition) is 4. The van der Waals surface area contributed by atoms with Crippen molar-refractivity contribution in [3.8, 4) is 11.5 Å². The van der Waals surface area contributed by atoms with Gasteiger partial charge in [0.1, 0.15) is 0 Å². The summed E-state index contributed by atoms with van der Waals surface area (Å²) < 4.78 is 49.0. The highest BCUT2D eigenvalue weighted by molar-refractivity contribution is 5.97. The zero-order valence-corrected chi connectivity index (χ0v) is 15.2. The molecule has 0 bridgehead atoms. The van der Waals surface area contributed by atoms with Crippen LogP contribution in [0.5, 0.6) is 11.5 Å². The van der Waals surface area contributed by atoms with Crippen LogP contribution in [0.3, 0.4) is 0 Å². The molecular weight excluding hydrogens is 389 g/mol. The molecule has 1 unspecified atom stereocenters. The summed E-state index contributed by atoms with van der Waals surface area (Å²) in [6.45, 7) is 0.708. The molecule has 2 heterocycles. The van der Waals surface area contributed by atoms with Crippen LogP contribution in [0.4, 0.5) is 18.9 Å². The van der Waals surface area contributed by atoms with Gasteiger partial charge in [-0.1, -0.05) is 6.07 Å². The summed E-state index contributed by atoms with van der Waals surface area (Å²) in [5, 5.41) is 2.62. The molecule has 0 saturated carbocycles. The van der Waals surface area contributed by atoms with Gasteiger partial charge in [0, 0.05) is 42.7 Å². The molecule has 2 aromatic rings. The van der Waals surface area contributed by atoms with Crippen LogP contribution in [0, 0.1) is 5.92 Å². The van der Waals surface area contributed by atoms with Gasteiger partial charge in [0.15, 0.2) is 11.5 Å². The van der Waals surface area contributed by atoms with E-state index in [0.717, 1.165) is 12.1 Å². The number of carbonyl (C=O) groups excluding carboxylic acids is 2. The molecule has 152 valence electrons. The van der Waals surface area contributed by atoms with Gasteiger partial charge in [-0.2, -0.15) is 13.2 Å². The van der Waals surface area contributed by atoms with Crippen LogP contribution in [0.25, 0.3) is 0 Å². The second-order valence-electron chi connectivity index (χ2n) is 6.90. The number of halogens is 3. The van der Waals surface area contributed by atoms with E-state index in [0.29, 0.717) is 23.7 Å². The summed E-state index contributed by atoms with van der Waals surface area (Å²) in [5.74, 6) is 0.330. The number of ether oxygens (including phenoxy) is 2. The average Bonchev–Trinajstić information content (AvgIpc) is 3.31. The zero-order valence-electron chi connectivity index (χ0n) is 15.2. The van der Waals surface area contributed by atoms with Crippen LogP contribution >= 0.6 is 0 Å². The zero-order chi connectivity index (χ0) is 20.6. The van der Waals surface area contributed by atoms with E-state index in [1.54, 1.807) is 23.1 Å². The van der Waals surface area contributed by atoms with Gasteiger partial charge in [-0.15, -0.1) is 0 Å². The van der Waals surface area contributed by atoms with E-state index < -0.39 is 17.6 Å². The first kappa shape index (κ1) is 19.1. The Morgan fingerprint density at radius 2 is 1.93 bits per heavy atom. The molecule has 6 nitrogen and oxygen atoms in total. The summed E-state index contributed by atoms with van der Waals surface area (Å²) in [5.41, 5.74) is -0.280. The maximum Gasteiger partial charge on any atom is 0.416 e. The van der Waals surface area contributed by atoms with Crippen molar-refractivity contribution >= 4 is 17.5 Å². The Labute approximate surface area is 164 Å². The van der Waals surface area contributed by atoms with Gasteiger partial charge in [-0.25, -0.2) is 0 Å². The minimum Gasteiger partial charge on any atom is -0.454 e. The Balaban J connectivity index is 1.38. The molecule has 2 aromatic carbocycles. The van der Waals surface area contributed by atoms with Gasteiger partial charge in [-0.3, -0.25) is 9.59 Å². The van der Waals surface area contributed by atoms with E-state index in [2.05, 4.69) is 5.32 Å². The smallest absolute Gasteiger partial charge is 0.416 e. The first-order valence-electron chi connectivity index (χ1n) is 8.97. The highest BCUT2D eigenvalue weighted by Gasteiger charge is 2.33. The van der Waals surface area contributed by atoms with Crippen LogP contribution in [-0.4, -0.2) is 31.7 Å². The van der Waals surface area contributed by atoms with Crippen molar-refractivity contribution in [2.45, 2.75) is 12.6 Å². The number of amides is 2. The molecule has 0 spiro atoms. The number of fused-ring (bicyclic) bond motifs is 1. The van der Waals surface area contributed by atoms with Crippen molar-refractivity contribution in [3.63, 3.8) is 0 Å². The second kappa shape index (κ2) is 7.31. The molecular formula is C20H17F3N2O4. The Hall–Kier alpha value is -3.23. The van der Waals surface area contributed by atoms with Crippen molar-refractivity contribution in [1.82, 2.24) is 5.32 Å². The van der Waals surface area contributed by atoms with E-state index in [9.17, 15) is 22.8 Å². The second-order valence-corrected chi connectivity index (χ2v) is 6.90. The summed E-state index contributed by atoms with van der Waals surface area (Å²) in [6, 6.07) is 9.46. The van der Waals surface area contributed by atoms with Crippen LogP contribution in [0.1, 0.15) is 22.3 Å². The Morgan fingerprint density at radius 1 is 1.14 bits per heavy atom. The SMILES string of the molecule is O=C(NCC1CC(=O)N(c2ccc3c(c2)OCO3)C1)c1cccc(C(F)(F)F)c1. The third-order valence-electron chi connectivity index (χ3n) is 4.88. The molecule has 2 aliphatic heterocycles. The number of rotatable bonds is 4. The number of nitrogens with one attached hydrogen (secondary N) is 1. The van der Waals surface area contributed by atoms with Crippen molar-refractivity contribution in [1.29, 1.82) is 0 Å². The van der Waals surface area contributed by atoms with Gasteiger partial charge in [0.25, 0.3) is 5.91 Å². The normalized spacial score (nSPS) is 18.2. The van der Waals surface area contributed by atoms with E-state index >= 15 is 0 Å². The number of nitrogens with zero attached hydrogens (tertiary/aromatic N) is 1. The molecule has 1 fully saturated rings. The molecule has 2 amide bonds. The van der Waals surface area contributed by atoms with Crippen molar-refractivity contribution in [3.05, 3.63) is 53.6 Å². The molecule has 29 heavy (non-hydrogen) atoms. The van der Waals surface area contributed by atoms with Crippen molar-refractivity contribution < 1.29 is 32.2 Å². The number of alkyl halides is 3. The standard InChI is InChI=1S/C20H17F3N2O4/c21-20(22,23)14-3-1-2-13(7-14)19(27)24-9-12-6-18(26)25(10-12)15-4-5-16-17(8-15)29-11-28-16/h1-5,7-8,12H,6,9-11H2,(H,24,27). The fraction of sp³-hybridized carbons (Fsp3) is 0.300. The molecule has 0 radical (unpaired) electrons. The van der Waals surface area contributed by atoms with E-state index in [4.69, 9.17) is 9.47 Å². The number of benzene rings is 2. The Bertz CT molecular complexity index is 961. The molecule has 2 aliphatic rings. The molecule has 0 aliphatic carbocycles. The lowest BCUT2D eigenvalue weighted by molar-refractivity contribution is -0.137. The summed E-state index contributed by atoms with van der Waals surface area (Å²) in [6.07, 6.45) is -4.28. The largest absolute Gasteiger partial charge is 0.454 e. The highest BCUT2D eigenvalue weighted by atomic mass is 19.4. The maximum absolute atomic E-state index is 12.8. The fourth-order valence-corrected chi connectivity index (χ4v) is 3.40. The summed E-state index contributed by atoms with van der Waals surface area (Å²) >= 11 is 0. The monoisotopic (exact) mass is 406 g/mol. The van der Waals surface area contributed by atoms with Crippen LogP contribution in [-0.2, 0) is 11.0 Å². The van der Waals surface area contributed by atoms with Crippen LogP contribution in [0.2, 0.25) is 0 Å². The first-order valence-corrected chi connectivity index (χ1v) is 8.97. The first-order chi connectivity index (χ1) is 13.8. The van der Waals surface area contributed by atoms with Gasteiger partial charge < -0.3 is 19.7 Å². The van der Waals surface area contributed by atoms with Crippen LogP contribution < -0.4 is 19.7 Å². The summed E-state index contributed by atoms with van der Waals surface area (Å²) in [7, 11) is 0.